The predicted octanol–water partition coefficient (Wildman–Crippen LogP) is 16.2. The van der Waals surface area contributed by atoms with Crippen LogP contribution in [0.25, 0.3) is 111 Å². The third kappa shape index (κ3) is 6.17. The highest BCUT2D eigenvalue weighted by Gasteiger charge is 2.36. The molecule has 1 aromatic heterocycles. The van der Waals surface area contributed by atoms with Crippen LogP contribution in [0.4, 0.5) is 0 Å². The van der Waals surface area contributed by atoms with Gasteiger partial charge in [0.2, 0.25) is 0 Å². The summed E-state index contributed by atoms with van der Waals surface area (Å²) in [7, 11) is 0. The lowest BCUT2D eigenvalue weighted by Gasteiger charge is -2.22. The average molecular weight is 803 g/mol. The molecule has 1 heterocycles. The summed E-state index contributed by atoms with van der Waals surface area (Å²) in [5.41, 5.74) is 17.5. The molecule has 2 heteroatoms. The van der Waals surface area contributed by atoms with E-state index in [2.05, 4.69) is 214 Å². The first-order valence-electron chi connectivity index (χ1n) is 21.8. The maximum Gasteiger partial charge on any atom is 0.160 e. The lowest BCUT2D eigenvalue weighted by Crippen LogP contribution is -2.15. The maximum atomic E-state index is 5.28. The van der Waals surface area contributed by atoms with Crippen molar-refractivity contribution < 1.29 is 0 Å². The van der Waals surface area contributed by atoms with Crippen molar-refractivity contribution in [1.82, 2.24) is 9.97 Å². The van der Waals surface area contributed by atoms with Crippen molar-refractivity contribution in [3.63, 3.8) is 0 Å². The van der Waals surface area contributed by atoms with Gasteiger partial charge < -0.3 is 0 Å². The molecule has 2 nitrogen and oxygen atoms in total. The molecule has 12 rings (SSSR count). The Labute approximate surface area is 367 Å². The molecule has 0 N–H and O–H groups in total. The molecule has 0 amide bonds. The topological polar surface area (TPSA) is 25.8 Å². The highest BCUT2D eigenvalue weighted by Crippen LogP contribution is 2.51. The molecule has 0 aliphatic heterocycles. The summed E-state index contributed by atoms with van der Waals surface area (Å²) in [6, 6.07) is 79.1. The van der Waals surface area contributed by atoms with Gasteiger partial charge in [-0.3, -0.25) is 0 Å². The van der Waals surface area contributed by atoms with E-state index in [9.17, 15) is 0 Å². The van der Waals surface area contributed by atoms with Crippen LogP contribution in [0, 0.1) is 0 Å². The van der Waals surface area contributed by atoms with E-state index in [4.69, 9.17) is 9.97 Å². The van der Waals surface area contributed by atoms with Gasteiger partial charge in [0.05, 0.1) is 11.4 Å². The highest BCUT2D eigenvalue weighted by atomic mass is 14.9. The summed E-state index contributed by atoms with van der Waals surface area (Å²) in [5, 5.41) is 7.39. The third-order valence-corrected chi connectivity index (χ3v) is 13.3. The molecular weight excluding hydrogens is 761 g/mol. The summed E-state index contributed by atoms with van der Waals surface area (Å²) in [6.07, 6.45) is 0. The Morgan fingerprint density at radius 3 is 1.48 bits per heavy atom. The smallest absolute Gasteiger partial charge is 0.160 e. The number of aromatic nitrogens is 2. The Morgan fingerprint density at radius 2 is 0.778 bits per heavy atom. The van der Waals surface area contributed by atoms with Crippen molar-refractivity contribution in [3.05, 3.63) is 230 Å². The van der Waals surface area contributed by atoms with Crippen LogP contribution in [0.5, 0.6) is 0 Å². The van der Waals surface area contributed by atoms with Crippen LogP contribution < -0.4 is 0 Å². The molecule has 0 spiro atoms. The molecule has 10 aromatic carbocycles. The maximum absolute atomic E-state index is 5.28. The largest absolute Gasteiger partial charge is 0.228 e. The van der Waals surface area contributed by atoms with Crippen LogP contribution in [0.3, 0.4) is 0 Å². The van der Waals surface area contributed by atoms with Crippen molar-refractivity contribution in [2.24, 2.45) is 0 Å². The molecule has 0 saturated carbocycles. The zero-order valence-corrected chi connectivity index (χ0v) is 35.2. The van der Waals surface area contributed by atoms with Crippen molar-refractivity contribution in [2.75, 3.05) is 0 Å². The molecular formula is C61H42N2. The minimum absolute atomic E-state index is 0.111. The van der Waals surface area contributed by atoms with E-state index in [1.165, 1.54) is 77.0 Å². The summed E-state index contributed by atoms with van der Waals surface area (Å²) >= 11 is 0. The fourth-order valence-electron chi connectivity index (χ4n) is 10.1. The van der Waals surface area contributed by atoms with Gasteiger partial charge in [0.1, 0.15) is 0 Å². The lowest BCUT2D eigenvalue weighted by molar-refractivity contribution is 0.661. The van der Waals surface area contributed by atoms with E-state index in [1.54, 1.807) is 0 Å². The summed E-state index contributed by atoms with van der Waals surface area (Å²) < 4.78 is 0. The molecule has 11 aromatic rings. The summed E-state index contributed by atoms with van der Waals surface area (Å²) in [4.78, 5) is 10.5. The van der Waals surface area contributed by atoms with E-state index in [1.807, 2.05) is 18.2 Å². The number of fused-ring (bicyclic) bond motifs is 6. The minimum atomic E-state index is -0.111. The summed E-state index contributed by atoms with van der Waals surface area (Å²) in [5.74, 6) is 0.704. The van der Waals surface area contributed by atoms with Crippen molar-refractivity contribution >= 4 is 32.3 Å². The quantitative estimate of drug-likeness (QED) is 0.167. The number of rotatable bonds is 6. The zero-order chi connectivity index (χ0) is 42.1. The van der Waals surface area contributed by atoms with Gasteiger partial charge in [-0.25, -0.2) is 9.97 Å². The van der Waals surface area contributed by atoms with Crippen LogP contribution in [0.2, 0.25) is 0 Å². The fourth-order valence-corrected chi connectivity index (χ4v) is 10.1. The summed E-state index contributed by atoms with van der Waals surface area (Å²) in [6.45, 7) is 4.75. The Morgan fingerprint density at radius 1 is 0.286 bits per heavy atom. The van der Waals surface area contributed by atoms with Crippen LogP contribution in [-0.2, 0) is 5.41 Å². The molecule has 0 bridgehead atoms. The van der Waals surface area contributed by atoms with Gasteiger partial charge in [-0.05, 0) is 118 Å². The van der Waals surface area contributed by atoms with Gasteiger partial charge in [0.15, 0.2) is 5.82 Å². The Kier molecular flexibility index (Phi) is 8.55. The monoisotopic (exact) mass is 802 g/mol. The normalized spacial score (nSPS) is 12.7. The fraction of sp³-hybridized carbons (Fsp3) is 0.0492. The van der Waals surface area contributed by atoms with Gasteiger partial charge in [-0.15, -0.1) is 0 Å². The van der Waals surface area contributed by atoms with E-state index in [0.29, 0.717) is 5.82 Å². The minimum Gasteiger partial charge on any atom is -0.228 e. The van der Waals surface area contributed by atoms with Crippen LogP contribution in [-0.4, -0.2) is 9.97 Å². The molecule has 1 aliphatic carbocycles. The second-order valence-corrected chi connectivity index (χ2v) is 17.3. The van der Waals surface area contributed by atoms with Crippen molar-refractivity contribution in [2.45, 2.75) is 19.3 Å². The van der Waals surface area contributed by atoms with E-state index >= 15 is 0 Å². The van der Waals surface area contributed by atoms with Gasteiger partial charge in [0, 0.05) is 22.1 Å². The van der Waals surface area contributed by atoms with Crippen LogP contribution in [0.1, 0.15) is 25.0 Å². The molecule has 1 aliphatic rings. The molecule has 0 radical (unpaired) electrons. The predicted molar refractivity (Wildman–Crippen MR) is 265 cm³/mol. The molecule has 0 atom stereocenters. The van der Waals surface area contributed by atoms with Crippen LogP contribution in [0.15, 0.2) is 218 Å². The standard InChI is InChI=1S/C61H42N2/c1-61(2)56-37-44(28-29-53(56)55-35-42-20-9-10-21-43(42)36-57(55)61)46-30-31-51(48-25-12-11-24-47(46)48)52-32-33-54(50-27-14-13-26-49(50)52)59-38-58(62-60(63-59)40-18-7-4-8-19-40)45-23-15-22-41(34-45)39-16-5-3-6-17-39/h3-38H,1-2H3. The molecule has 0 unspecified atom stereocenters. The van der Waals surface area contributed by atoms with E-state index < -0.39 is 0 Å². The first kappa shape index (κ1) is 36.9. The van der Waals surface area contributed by atoms with Crippen LogP contribution >= 0.6 is 0 Å². The van der Waals surface area contributed by atoms with Crippen molar-refractivity contribution in [3.8, 4) is 78.4 Å². The van der Waals surface area contributed by atoms with Gasteiger partial charge in [0.25, 0.3) is 0 Å². The number of hydrogen-bond donors (Lipinski definition) is 0. The second-order valence-electron chi connectivity index (χ2n) is 17.3. The van der Waals surface area contributed by atoms with E-state index in [-0.39, 0.29) is 5.41 Å². The number of benzene rings is 10. The number of nitrogens with zero attached hydrogens (tertiary/aromatic N) is 2. The van der Waals surface area contributed by atoms with Gasteiger partial charge in [-0.1, -0.05) is 202 Å². The number of hydrogen-bond acceptors (Lipinski definition) is 2. The third-order valence-electron chi connectivity index (χ3n) is 13.3. The Bertz CT molecular complexity index is 3580. The molecule has 296 valence electrons. The van der Waals surface area contributed by atoms with Gasteiger partial charge in [-0.2, -0.15) is 0 Å². The van der Waals surface area contributed by atoms with Crippen molar-refractivity contribution in [1.29, 1.82) is 0 Å². The molecule has 0 saturated heterocycles. The lowest BCUT2D eigenvalue weighted by atomic mass is 9.80. The zero-order valence-electron chi connectivity index (χ0n) is 35.2. The first-order chi connectivity index (χ1) is 31.0. The SMILES string of the molecule is CC1(C)c2cc(-c3ccc(-c4ccc(-c5cc(-c6cccc(-c7ccccc7)c6)nc(-c6ccccc6)n5)c5ccccc45)c4ccccc34)ccc2-c2cc3ccccc3cc21. The van der Waals surface area contributed by atoms with Gasteiger partial charge >= 0.3 is 0 Å². The Hall–Kier alpha value is -7.94. The highest BCUT2D eigenvalue weighted by molar-refractivity contribution is 6.12. The van der Waals surface area contributed by atoms with E-state index in [0.717, 1.165) is 39.0 Å². The Balaban J connectivity index is 0.978. The molecule has 0 fully saturated rings. The average Bonchev–Trinajstić information content (AvgIpc) is 3.57. The first-order valence-corrected chi connectivity index (χ1v) is 21.8. The molecule has 63 heavy (non-hydrogen) atoms. The second kappa shape index (κ2) is 14.6.